The van der Waals surface area contributed by atoms with E-state index in [1.807, 2.05) is 36.4 Å². The minimum Gasteiger partial charge on any atom is -0.504 e. The molecule has 2 aromatic heterocycles. The molecule has 5 rings (SSSR count). The zero-order chi connectivity index (χ0) is 20.7. The Hall–Kier alpha value is -3.71. The largest absolute Gasteiger partial charge is 0.504 e. The van der Waals surface area contributed by atoms with Gasteiger partial charge in [-0.2, -0.15) is 0 Å². The molecule has 1 aromatic carbocycles. The number of benzene rings is 1. The van der Waals surface area contributed by atoms with Crippen molar-refractivity contribution in [1.82, 2.24) is 10.3 Å². The fraction of sp³-hybridized carbons (Fsp3) is 0.174. The number of aromatic nitrogens is 1. The van der Waals surface area contributed by atoms with Crippen LogP contribution in [-0.2, 0) is 11.3 Å². The molecule has 0 bridgehead atoms. The van der Waals surface area contributed by atoms with Crippen LogP contribution in [0.1, 0.15) is 51.5 Å². The second-order valence-corrected chi connectivity index (χ2v) is 7.02. The monoisotopic (exact) mass is 401 g/mol. The van der Waals surface area contributed by atoms with Crippen molar-refractivity contribution < 1.29 is 19.1 Å². The molecule has 0 saturated carbocycles. The van der Waals surface area contributed by atoms with Gasteiger partial charge in [-0.25, -0.2) is 14.8 Å². The van der Waals surface area contributed by atoms with Crippen LogP contribution < -0.4 is 5.32 Å². The highest BCUT2D eigenvalue weighted by molar-refractivity contribution is 6.21. The number of rotatable bonds is 4. The minimum atomic E-state index is -0.619. The Balaban J connectivity index is 1.63. The zero-order valence-electron chi connectivity index (χ0n) is 16.3. The van der Waals surface area contributed by atoms with Crippen LogP contribution in [0.2, 0.25) is 0 Å². The smallest absolute Gasteiger partial charge is 0.345 e. The third-order valence-electron chi connectivity index (χ3n) is 5.25. The molecule has 4 heterocycles. The first-order valence-electron chi connectivity index (χ1n) is 9.72. The minimum absolute atomic E-state index is 0.0410. The van der Waals surface area contributed by atoms with E-state index < -0.39 is 5.97 Å². The van der Waals surface area contributed by atoms with E-state index in [-0.39, 0.29) is 29.7 Å². The summed E-state index contributed by atoms with van der Waals surface area (Å²) in [4.78, 5) is 21.2. The molecule has 150 valence electrons. The van der Waals surface area contributed by atoms with Crippen molar-refractivity contribution in [2.45, 2.75) is 19.5 Å². The number of furan rings is 1. The lowest BCUT2D eigenvalue weighted by Crippen LogP contribution is -2.16. The van der Waals surface area contributed by atoms with Crippen LogP contribution in [0.3, 0.4) is 0 Å². The first-order chi connectivity index (χ1) is 14.7. The van der Waals surface area contributed by atoms with Gasteiger partial charge in [-0.15, -0.1) is 0 Å². The van der Waals surface area contributed by atoms with Crippen LogP contribution in [0, 0.1) is 0 Å². The van der Waals surface area contributed by atoms with Crippen molar-refractivity contribution in [2.24, 2.45) is 4.99 Å². The highest BCUT2D eigenvalue weighted by Gasteiger charge is 2.35. The number of carbonyl (C=O) groups excluding carboxylic acids is 1. The normalized spacial score (nSPS) is 17.9. The molecule has 7 nitrogen and oxygen atoms in total. The summed E-state index contributed by atoms with van der Waals surface area (Å²) in [5, 5.41) is 14.3. The summed E-state index contributed by atoms with van der Waals surface area (Å²) in [6, 6.07) is 11.3. The maximum absolute atomic E-state index is 12.7. The Morgan fingerprint density at radius 2 is 2.20 bits per heavy atom. The van der Waals surface area contributed by atoms with E-state index in [0.29, 0.717) is 18.1 Å². The van der Waals surface area contributed by atoms with Gasteiger partial charge in [0.05, 0.1) is 12.6 Å². The zero-order valence-corrected chi connectivity index (χ0v) is 16.3. The molecule has 7 heteroatoms. The number of aromatic hydroxyl groups is 1. The summed E-state index contributed by atoms with van der Waals surface area (Å²) in [6.07, 6.45) is 5.00. The van der Waals surface area contributed by atoms with Gasteiger partial charge in [-0.05, 0) is 36.3 Å². The molecule has 0 amide bonds. The Bertz CT molecular complexity index is 1210. The molecule has 2 aliphatic heterocycles. The topological polar surface area (TPSA) is 97.0 Å². The Kier molecular flexibility index (Phi) is 4.44. The molecule has 0 aliphatic carbocycles. The Labute approximate surface area is 172 Å². The van der Waals surface area contributed by atoms with Crippen molar-refractivity contribution in [3.8, 4) is 5.75 Å². The molecule has 0 saturated heterocycles. The molecule has 0 radical (unpaired) electrons. The third kappa shape index (κ3) is 2.91. The Morgan fingerprint density at radius 3 is 3.07 bits per heavy atom. The number of aliphatic imine (C=N–C) groups is 1. The van der Waals surface area contributed by atoms with Crippen LogP contribution in [0.4, 0.5) is 5.82 Å². The molecule has 2 N–H and O–H groups in total. The average Bonchev–Trinajstić information content (AvgIpc) is 3.45. The number of nitrogens with one attached hydrogen (secondary N) is 1. The van der Waals surface area contributed by atoms with Crippen molar-refractivity contribution in [3.05, 3.63) is 76.4 Å². The number of hydrogen-bond acceptors (Lipinski definition) is 7. The number of fused-ring (bicyclic) bond motifs is 2. The highest BCUT2D eigenvalue weighted by Crippen LogP contribution is 2.41. The van der Waals surface area contributed by atoms with E-state index in [0.717, 1.165) is 22.3 Å². The average molecular weight is 401 g/mol. The summed E-state index contributed by atoms with van der Waals surface area (Å²) in [5.41, 5.74) is 3.74. The quantitative estimate of drug-likeness (QED) is 0.641. The van der Waals surface area contributed by atoms with E-state index in [4.69, 9.17) is 9.15 Å². The van der Waals surface area contributed by atoms with Gasteiger partial charge in [0.15, 0.2) is 17.3 Å². The van der Waals surface area contributed by atoms with E-state index in [1.165, 1.54) is 0 Å². The number of ether oxygens (including phenoxy) is 1. The van der Waals surface area contributed by atoms with E-state index in [2.05, 4.69) is 15.3 Å². The van der Waals surface area contributed by atoms with E-state index >= 15 is 0 Å². The fourth-order valence-corrected chi connectivity index (χ4v) is 3.87. The number of esters is 1. The lowest BCUT2D eigenvalue weighted by atomic mass is 10.0. The molecular weight excluding hydrogens is 382 g/mol. The van der Waals surface area contributed by atoms with Crippen molar-refractivity contribution in [2.75, 3.05) is 6.61 Å². The van der Waals surface area contributed by atoms with E-state index in [9.17, 15) is 9.90 Å². The van der Waals surface area contributed by atoms with Gasteiger partial charge in [0.25, 0.3) is 0 Å². The summed E-state index contributed by atoms with van der Waals surface area (Å²) in [6.45, 7) is 2.56. The number of pyridine rings is 1. The van der Waals surface area contributed by atoms with Crippen molar-refractivity contribution in [1.29, 1.82) is 0 Å². The molecule has 1 atom stereocenters. The SMILES string of the molecule is CCOC(=O)c1c(C2NCc3ccccc32)oc(C=C2C=Nc3ncccc32)c1O. The first kappa shape index (κ1) is 18.3. The van der Waals surface area contributed by atoms with Crippen LogP contribution in [0.25, 0.3) is 11.6 Å². The van der Waals surface area contributed by atoms with Crippen LogP contribution >= 0.6 is 0 Å². The second kappa shape index (κ2) is 7.27. The fourth-order valence-electron chi connectivity index (χ4n) is 3.87. The van der Waals surface area contributed by atoms with Crippen LogP contribution in [0.5, 0.6) is 5.75 Å². The predicted octanol–water partition coefficient (Wildman–Crippen LogP) is 4.01. The first-order valence-corrected chi connectivity index (χ1v) is 9.72. The van der Waals surface area contributed by atoms with Crippen LogP contribution in [0.15, 0.2) is 52.0 Å². The molecule has 0 fully saturated rings. The lowest BCUT2D eigenvalue weighted by Gasteiger charge is -2.11. The van der Waals surface area contributed by atoms with Crippen molar-refractivity contribution >= 4 is 29.7 Å². The number of hydrogen-bond donors (Lipinski definition) is 2. The molecule has 2 aliphatic rings. The summed E-state index contributed by atoms with van der Waals surface area (Å²) in [5.74, 6) is 0.258. The summed E-state index contributed by atoms with van der Waals surface area (Å²) >= 11 is 0. The molecule has 3 aromatic rings. The van der Waals surface area contributed by atoms with Gasteiger partial charge >= 0.3 is 5.97 Å². The third-order valence-corrected chi connectivity index (χ3v) is 5.25. The number of allylic oxidation sites excluding steroid dienone is 1. The predicted molar refractivity (Wildman–Crippen MR) is 112 cm³/mol. The lowest BCUT2D eigenvalue weighted by molar-refractivity contribution is 0.0520. The van der Waals surface area contributed by atoms with Crippen LogP contribution in [-0.4, -0.2) is 28.9 Å². The van der Waals surface area contributed by atoms with Gasteiger partial charge in [0.2, 0.25) is 0 Å². The van der Waals surface area contributed by atoms with Gasteiger partial charge in [0, 0.05) is 30.1 Å². The summed E-state index contributed by atoms with van der Waals surface area (Å²) < 4.78 is 11.3. The maximum Gasteiger partial charge on any atom is 0.345 e. The molecule has 30 heavy (non-hydrogen) atoms. The number of nitrogens with zero attached hydrogens (tertiary/aromatic N) is 2. The van der Waals surface area contributed by atoms with Gasteiger partial charge in [0.1, 0.15) is 11.3 Å². The highest BCUT2D eigenvalue weighted by atomic mass is 16.5. The van der Waals surface area contributed by atoms with Gasteiger partial charge < -0.3 is 14.3 Å². The maximum atomic E-state index is 12.7. The summed E-state index contributed by atoms with van der Waals surface area (Å²) in [7, 11) is 0. The van der Waals surface area contributed by atoms with Gasteiger partial charge in [-0.3, -0.25) is 5.32 Å². The molecule has 0 spiro atoms. The van der Waals surface area contributed by atoms with E-state index in [1.54, 1.807) is 25.4 Å². The van der Waals surface area contributed by atoms with Crippen molar-refractivity contribution in [3.63, 3.8) is 0 Å². The molecular formula is C23H19N3O4. The van der Waals surface area contributed by atoms with Gasteiger partial charge in [-0.1, -0.05) is 24.3 Å². The number of carbonyl (C=O) groups is 1. The second-order valence-electron chi connectivity index (χ2n) is 7.02. The standard InChI is InChI=1S/C23H19N3O4/c1-2-29-23(28)18-20(27)17(10-14-12-26-22-16(14)8-5-9-24-22)30-21(18)19-15-7-4-3-6-13(15)11-25-19/h3-10,12,19,25,27H,2,11H2,1H3. The molecule has 1 unspecified atom stereocenters. The Morgan fingerprint density at radius 1 is 1.33 bits per heavy atom.